The molecular formula is C12H20N2O4S. The first-order valence-corrected chi connectivity index (χ1v) is 8.10. The van der Waals surface area contributed by atoms with Crippen molar-refractivity contribution in [3.8, 4) is 6.07 Å². The number of nitrogens with one attached hydrogen (secondary N) is 1. The Morgan fingerprint density at radius 1 is 1.42 bits per heavy atom. The average Bonchev–Trinajstić information content (AvgIpc) is 2.55. The zero-order valence-electron chi connectivity index (χ0n) is 11.0. The van der Waals surface area contributed by atoms with E-state index in [1.165, 1.54) is 0 Å². The van der Waals surface area contributed by atoms with Gasteiger partial charge in [0, 0.05) is 6.04 Å². The van der Waals surface area contributed by atoms with E-state index in [9.17, 15) is 18.3 Å². The van der Waals surface area contributed by atoms with E-state index >= 15 is 0 Å². The summed E-state index contributed by atoms with van der Waals surface area (Å²) in [5, 5.41) is 16.9. The summed E-state index contributed by atoms with van der Waals surface area (Å²) in [7, 11) is -3.78. The molecular weight excluding hydrogens is 268 g/mol. The molecule has 1 aliphatic carbocycles. The highest BCUT2D eigenvalue weighted by molar-refractivity contribution is 7.90. The summed E-state index contributed by atoms with van der Waals surface area (Å²) in [6, 6.07) is 1.14. The van der Waals surface area contributed by atoms with Crippen molar-refractivity contribution in [3.05, 3.63) is 0 Å². The molecule has 0 radical (unpaired) electrons. The van der Waals surface area contributed by atoms with Crippen LogP contribution in [0, 0.1) is 17.2 Å². The van der Waals surface area contributed by atoms with Crippen LogP contribution >= 0.6 is 0 Å². The molecule has 0 amide bonds. The van der Waals surface area contributed by atoms with E-state index in [1.54, 1.807) is 13.0 Å². The van der Waals surface area contributed by atoms with Gasteiger partial charge >= 0.3 is 5.97 Å². The summed E-state index contributed by atoms with van der Waals surface area (Å²) in [6.45, 7) is 1.62. The number of rotatable bonds is 5. The molecule has 0 heterocycles. The van der Waals surface area contributed by atoms with E-state index in [-0.39, 0.29) is 6.42 Å². The van der Waals surface area contributed by atoms with Crippen molar-refractivity contribution < 1.29 is 18.3 Å². The smallest absolute Gasteiger partial charge is 0.308 e. The number of sulfonamides is 1. The van der Waals surface area contributed by atoms with Crippen molar-refractivity contribution in [2.75, 3.05) is 0 Å². The highest BCUT2D eigenvalue weighted by Crippen LogP contribution is 2.25. The van der Waals surface area contributed by atoms with Gasteiger partial charge in [-0.2, -0.15) is 5.26 Å². The summed E-state index contributed by atoms with van der Waals surface area (Å²) in [6.07, 6.45) is 3.70. The lowest BCUT2D eigenvalue weighted by Crippen LogP contribution is -2.46. The fourth-order valence-corrected chi connectivity index (χ4v) is 3.86. The number of carbonyl (C=O) groups is 1. The predicted molar refractivity (Wildman–Crippen MR) is 69.7 cm³/mol. The Morgan fingerprint density at radius 3 is 2.58 bits per heavy atom. The summed E-state index contributed by atoms with van der Waals surface area (Å²) in [5.74, 6) is -1.67. The zero-order valence-corrected chi connectivity index (χ0v) is 11.8. The van der Waals surface area contributed by atoms with Gasteiger partial charge in [-0.05, 0) is 19.3 Å². The second-order valence-corrected chi connectivity index (χ2v) is 6.77. The van der Waals surface area contributed by atoms with Crippen LogP contribution in [-0.4, -0.2) is 30.8 Å². The lowest BCUT2D eigenvalue weighted by atomic mass is 9.96. The van der Waals surface area contributed by atoms with Gasteiger partial charge in [0.05, 0.1) is 12.0 Å². The molecule has 19 heavy (non-hydrogen) atoms. The van der Waals surface area contributed by atoms with Crippen LogP contribution in [0.25, 0.3) is 0 Å². The number of nitrogens with zero attached hydrogens (tertiary/aromatic N) is 1. The number of hydrogen-bond acceptors (Lipinski definition) is 4. The van der Waals surface area contributed by atoms with E-state index < -0.39 is 33.2 Å². The van der Waals surface area contributed by atoms with Crippen molar-refractivity contribution in [2.24, 2.45) is 5.92 Å². The highest BCUT2D eigenvalue weighted by atomic mass is 32.2. The summed E-state index contributed by atoms with van der Waals surface area (Å²) in [5.41, 5.74) is 0. The second kappa shape index (κ2) is 6.87. The van der Waals surface area contributed by atoms with Crippen LogP contribution < -0.4 is 4.72 Å². The van der Waals surface area contributed by atoms with Gasteiger partial charge in [0.25, 0.3) is 0 Å². The average molecular weight is 288 g/mol. The van der Waals surface area contributed by atoms with Crippen LogP contribution in [0.15, 0.2) is 0 Å². The van der Waals surface area contributed by atoms with E-state index in [4.69, 9.17) is 5.26 Å². The zero-order chi connectivity index (χ0) is 14.5. The van der Waals surface area contributed by atoms with Gasteiger partial charge < -0.3 is 5.11 Å². The lowest BCUT2D eigenvalue weighted by Gasteiger charge is -2.23. The SMILES string of the molecule is CCC(C#N)S(=O)(=O)NC1CCCCCC1C(=O)O. The second-order valence-electron chi connectivity index (χ2n) is 4.88. The van der Waals surface area contributed by atoms with Gasteiger partial charge in [-0.25, -0.2) is 13.1 Å². The van der Waals surface area contributed by atoms with Crippen molar-refractivity contribution in [2.45, 2.75) is 56.7 Å². The van der Waals surface area contributed by atoms with Gasteiger partial charge in [-0.1, -0.05) is 26.2 Å². The molecule has 1 fully saturated rings. The first-order valence-electron chi connectivity index (χ1n) is 6.56. The van der Waals surface area contributed by atoms with Crippen LogP contribution in [0.4, 0.5) is 0 Å². The molecule has 0 aliphatic heterocycles. The molecule has 6 nitrogen and oxygen atoms in total. The topological polar surface area (TPSA) is 107 Å². The molecule has 108 valence electrons. The molecule has 0 saturated heterocycles. The molecule has 1 saturated carbocycles. The molecule has 0 bridgehead atoms. The molecule has 1 aliphatic rings. The van der Waals surface area contributed by atoms with E-state index in [2.05, 4.69) is 4.72 Å². The van der Waals surface area contributed by atoms with Gasteiger partial charge in [0.1, 0.15) is 0 Å². The highest BCUT2D eigenvalue weighted by Gasteiger charge is 2.34. The van der Waals surface area contributed by atoms with Crippen LogP contribution in [-0.2, 0) is 14.8 Å². The fourth-order valence-electron chi connectivity index (χ4n) is 2.42. The maximum absolute atomic E-state index is 12.0. The standard InChI is InChI=1S/C12H20N2O4S/c1-2-9(8-13)19(17,18)14-11-7-5-3-4-6-10(11)12(15)16/h9-11,14H,2-7H2,1H3,(H,15,16). The van der Waals surface area contributed by atoms with Crippen LogP contribution in [0.3, 0.4) is 0 Å². The van der Waals surface area contributed by atoms with Crippen molar-refractivity contribution >= 4 is 16.0 Å². The molecule has 3 unspecified atom stereocenters. The summed E-state index contributed by atoms with van der Waals surface area (Å²) in [4.78, 5) is 11.2. The third kappa shape index (κ3) is 4.18. The Kier molecular flexibility index (Phi) is 5.76. The molecule has 0 spiro atoms. The van der Waals surface area contributed by atoms with Gasteiger partial charge in [0.2, 0.25) is 10.0 Å². The minimum Gasteiger partial charge on any atom is -0.481 e. The van der Waals surface area contributed by atoms with Crippen LogP contribution in [0.2, 0.25) is 0 Å². The molecule has 2 N–H and O–H groups in total. The normalized spacial score (nSPS) is 26.1. The number of hydrogen-bond donors (Lipinski definition) is 2. The quantitative estimate of drug-likeness (QED) is 0.740. The van der Waals surface area contributed by atoms with E-state index in [0.717, 1.165) is 19.3 Å². The van der Waals surface area contributed by atoms with Gasteiger partial charge in [0.15, 0.2) is 5.25 Å². The van der Waals surface area contributed by atoms with Gasteiger partial charge in [-0.3, -0.25) is 4.79 Å². The van der Waals surface area contributed by atoms with Crippen molar-refractivity contribution in [3.63, 3.8) is 0 Å². The van der Waals surface area contributed by atoms with E-state index in [0.29, 0.717) is 12.8 Å². The lowest BCUT2D eigenvalue weighted by molar-refractivity contribution is -0.142. The number of carboxylic acids is 1. The molecule has 1 rings (SSSR count). The maximum Gasteiger partial charge on any atom is 0.308 e. The van der Waals surface area contributed by atoms with Crippen molar-refractivity contribution in [1.29, 1.82) is 5.26 Å². The Balaban J connectivity index is 2.87. The molecule has 7 heteroatoms. The molecule has 0 aromatic rings. The fraction of sp³-hybridized carbons (Fsp3) is 0.833. The van der Waals surface area contributed by atoms with Crippen molar-refractivity contribution in [1.82, 2.24) is 4.72 Å². The first-order chi connectivity index (χ1) is 8.92. The van der Waals surface area contributed by atoms with Crippen LogP contribution in [0.1, 0.15) is 45.4 Å². The summed E-state index contributed by atoms with van der Waals surface area (Å²) >= 11 is 0. The third-order valence-electron chi connectivity index (χ3n) is 3.54. The number of aliphatic carboxylic acids is 1. The monoisotopic (exact) mass is 288 g/mol. The van der Waals surface area contributed by atoms with Gasteiger partial charge in [-0.15, -0.1) is 0 Å². The Morgan fingerprint density at radius 2 is 2.05 bits per heavy atom. The first kappa shape index (κ1) is 15.9. The predicted octanol–water partition coefficient (Wildman–Crippen LogP) is 1.24. The van der Waals surface area contributed by atoms with E-state index in [1.807, 2.05) is 0 Å². The Hall–Kier alpha value is -1.13. The Labute approximate surface area is 113 Å². The molecule has 3 atom stereocenters. The maximum atomic E-state index is 12.0. The summed E-state index contributed by atoms with van der Waals surface area (Å²) < 4.78 is 26.5. The largest absolute Gasteiger partial charge is 0.481 e. The third-order valence-corrected chi connectivity index (χ3v) is 5.36. The molecule has 0 aromatic carbocycles. The number of nitriles is 1. The Bertz CT molecular complexity index is 455. The van der Waals surface area contributed by atoms with Crippen LogP contribution in [0.5, 0.6) is 0 Å². The number of carboxylic acid groups (broad SMARTS) is 1. The minimum absolute atomic E-state index is 0.191. The minimum atomic E-state index is -3.78. The molecule has 0 aromatic heterocycles.